The van der Waals surface area contributed by atoms with Crippen LogP contribution in [0.4, 0.5) is 5.82 Å². The van der Waals surface area contributed by atoms with Crippen molar-refractivity contribution in [1.82, 2.24) is 14.5 Å². The van der Waals surface area contributed by atoms with E-state index in [1.807, 2.05) is 0 Å². The smallest absolute Gasteiger partial charge is 0.172 e. The van der Waals surface area contributed by atoms with Gasteiger partial charge in [-0.15, -0.1) is 0 Å². The molecule has 2 aromatic heterocycles. The Morgan fingerprint density at radius 2 is 2.09 bits per heavy atom. The summed E-state index contributed by atoms with van der Waals surface area (Å²) in [7, 11) is 0. The lowest BCUT2D eigenvalue weighted by Crippen LogP contribution is -2.33. The highest BCUT2D eigenvalue weighted by Crippen LogP contribution is 2.34. The molecule has 11 heteroatoms. The van der Waals surface area contributed by atoms with Gasteiger partial charge in [0.05, 0.1) is 17.6 Å². The number of hydrogen-bond acceptors (Lipinski definition) is 9. The Morgan fingerprint density at radius 3 is 2.70 bits per heavy atom. The Morgan fingerprint density at radius 1 is 1.35 bits per heavy atom. The number of aromatic nitrogens is 3. The van der Waals surface area contributed by atoms with E-state index in [-0.39, 0.29) is 22.9 Å². The highest BCUT2D eigenvalue weighted by Gasteiger charge is 2.44. The second kappa shape index (κ2) is 5.62. The number of nitrogen functional groups attached to an aromatic ring is 1. The van der Waals surface area contributed by atoms with Crippen molar-refractivity contribution in [1.29, 1.82) is 0 Å². The molecule has 0 aliphatic carbocycles. The molecule has 4 atom stereocenters. The minimum atomic E-state index is -1.31. The average molecular weight is 324 g/mol. The molecule has 8 N–H and O–H groups in total. The summed E-state index contributed by atoms with van der Waals surface area (Å²) in [5.41, 5.74) is 12.0. The molecule has 2 aromatic rings. The van der Waals surface area contributed by atoms with Gasteiger partial charge >= 0.3 is 0 Å². The highest BCUT2D eigenvalue weighted by atomic mass is 16.6. The molecular weight excluding hydrogens is 308 g/mol. The van der Waals surface area contributed by atoms with E-state index in [4.69, 9.17) is 21.4 Å². The molecule has 1 saturated heterocycles. The fraction of sp³-hybridized carbons (Fsp3) is 0.417. The van der Waals surface area contributed by atoms with E-state index in [0.29, 0.717) is 5.39 Å². The van der Waals surface area contributed by atoms with Crippen LogP contribution >= 0.6 is 0 Å². The van der Waals surface area contributed by atoms with Gasteiger partial charge < -0.3 is 41.3 Å². The van der Waals surface area contributed by atoms with Gasteiger partial charge in [-0.1, -0.05) is 5.16 Å². The van der Waals surface area contributed by atoms with Gasteiger partial charge in [-0.05, 0) is 0 Å². The number of amidine groups is 1. The molecule has 1 fully saturated rings. The summed E-state index contributed by atoms with van der Waals surface area (Å²) in [6, 6.07) is 0. The summed E-state index contributed by atoms with van der Waals surface area (Å²) < 4.78 is 6.86. The van der Waals surface area contributed by atoms with Crippen molar-refractivity contribution < 1.29 is 25.3 Å². The number of nitrogens with two attached hydrogens (primary N) is 2. The van der Waals surface area contributed by atoms with E-state index in [1.54, 1.807) is 0 Å². The van der Waals surface area contributed by atoms with Gasteiger partial charge in [0.1, 0.15) is 36.1 Å². The predicted molar refractivity (Wildman–Crippen MR) is 77.5 cm³/mol. The lowest BCUT2D eigenvalue weighted by molar-refractivity contribution is -0.0508. The van der Waals surface area contributed by atoms with Crippen LogP contribution in [-0.4, -0.2) is 65.8 Å². The predicted octanol–water partition coefficient (Wildman–Crippen LogP) is -2.28. The van der Waals surface area contributed by atoms with Gasteiger partial charge in [-0.3, -0.25) is 0 Å². The summed E-state index contributed by atoms with van der Waals surface area (Å²) in [5.74, 6) is -0.121. The molecule has 23 heavy (non-hydrogen) atoms. The normalized spacial score (nSPS) is 28.6. The van der Waals surface area contributed by atoms with Crippen LogP contribution in [0.3, 0.4) is 0 Å². The van der Waals surface area contributed by atoms with Crippen LogP contribution in [0.15, 0.2) is 17.7 Å². The lowest BCUT2D eigenvalue weighted by Gasteiger charge is -2.17. The highest BCUT2D eigenvalue weighted by molar-refractivity contribution is 6.11. The third-order valence-electron chi connectivity index (χ3n) is 3.81. The van der Waals surface area contributed by atoms with Crippen molar-refractivity contribution in [3.05, 3.63) is 18.1 Å². The SMILES string of the molecule is NC(=NO)c1cn(C2OC(CO)C(O)C2O)c2ncnc(N)c12. The molecule has 4 unspecified atom stereocenters. The molecule has 0 spiro atoms. The molecule has 0 aromatic carbocycles. The van der Waals surface area contributed by atoms with Crippen molar-refractivity contribution in [2.45, 2.75) is 24.5 Å². The monoisotopic (exact) mass is 324 g/mol. The number of aliphatic hydroxyl groups is 3. The zero-order valence-corrected chi connectivity index (χ0v) is 11.8. The van der Waals surface area contributed by atoms with Gasteiger partial charge in [0, 0.05) is 6.20 Å². The second-order valence-corrected chi connectivity index (χ2v) is 5.12. The number of hydrogen-bond donors (Lipinski definition) is 6. The van der Waals surface area contributed by atoms with E-state index in [1.165, 1.54) is 17.1 Å². The first-order chi connectivity index (χ1) is 11.0. The van der Waals surface area contributed by atoms with Crippen LogP contribution in [0.25, 0.3) is 11.0 Å². The van der Waals surface area contributed by atoms with Crippen LogP contribution in [0.5, 0.6) is 0 Å². The van der Waals surface area contributed by atoms with E-state index in [0.717, 1.165) is 0 Å². The number of aliphatic hydroxyl groups excluding tert-OH is 3. The molecule has 0 amide bonds. The minimum absolute atomic E-state index is 0.0992. The van der Waals surface area contributed by atoms with Crippen molar-refractivity contribution in [3.8, 4) is 0 Å². The van der Waals surface area contributed by atoms with Crippen molar-refractivity contribution in [2.75, 3.05) is 12.3 Å². The Labute approximate surface area is 129 Å². The van der Waals surface area contributed by atoms with E-state index < -0.39 is 31.1 Å². The molecule has 3 rings (SSSR count). The summed E-state index contributed by atoms with van der Waals surface area (Å²) >= 11 is 0. The number of ether oxygens (including phenoxy) is 1. The molecule has 3 heterocycles. The summed E-state index contributed by atoms with van der Waals surface area (Å²) in [6.07, 6.45) is -1.91. The fourth-order valence-electron chi connectivity index (χ4n) is 2.66. The maximum atomic E-state index is 10.2. The van der Waals surface area contributed by atoms with Crippen LogP contribution in [0, 0.1) is 0 Å². The van der Waals surface area contributed by atoms with Gasteiger partial charge in [0.25, 0.3) is 0 Å². The third-order valence-corrected chi connectivity index (χ3v) is 3.81. The van der Waals surface area contributed by atoms with Crippen LogP contribution < -0.4 is 11.5 Å². The number of anilines is 1. The summed E-state index contributed by atoms with van der Waals surface area (Å²) in [4.78, 5) is 7.94. The quantitative estimate of drug-likeness (QED) is 0.156. The molecule has 1 aliphatic heterocycles. The molecule has 1 aliphatic rings. The zero-order valence-electron chi connectivity index (χ0n) is 11.8. The number of nitrogens with zero attached hydrogens (tertiary/aromatic N) is 4. The van der Waals surface area contributed by atoms with Gasteiger partial charge in [-0.25, -0.2) is 9.97 Å². The largest absolute Gasteiger partial charge is 0.409 e. The lowest BCUT2D eigenvalue weighted by atomic mass is 10.1. The first kappa shape index (κ1) is 15.4. The molecule has 0 bridgehead atoms. The first-order valence-corrected chi connectivity index (χ1v) is 6.71. The van der Waals surface area contributed by atoms with Gasteiger partial charge in [-0.2, -0.15) is 0 Å². The first-order valence-electron chi connectivity index (χ1n) is 6.71. The number of fused-ring (bicyclic) bond motifs is 1. The van der Waals surface area contributed by atoms with E-state index in [2.05, 4.69) is 15.1 Å². The van der Waals surface area contributed by atoms with Crippen molar-refractivity contribution in [3.63, 3.8) is 0 Å². The van der Waals surface area contributed by atoms with Crippen molar-refractivity contribution >= 4 is 22.7 Å². The third kappa shape index (κ3) is 2.26. The van der Waals surface area contributed by atoms with E-state index in [9.17, 15) is 15.3 Å². The maximum absolute atomic E-state index is 10.2. The average Bonchev–Trinajstić information content (AvgIpc) is 3.07. The number of rotatable bonds is 3. The second-order valence-electron chi connectivity index (χ2n) is 5.12. The topological polar surface area (TPSA) is 185 Å². The molecule has 0 radical (unpaired) electrons. The molecule has 0 saturated carbocycles. The van der Waals surface area contributed by atoms with Gasteiger partial charge in [0.2, 0.25) is 0 Å². The Balaban J connectivity index is 2.18. The van der Waals surface area contributed by atoms with Crippen molar-refractivity contribution in [2.24, 2.45) is 10.9 Å². The fourth-order valence-corrected chi connectivity index (χ4v) is 2.66. The van der Waals surface area contributed by atoms with Crippen LogP contribution in [0.1, 0.15) is 11.8 Å². The molecular formula is C12H16N6O5. The summed E-state index contributed by atoms with van der Waals surface area (Å²) in [5, 5.41) is 41.4. The van der Waals surface area contributed by atoms with Crippen LogP contribution in [-0.2, 0) is 4.74 Å². The van der Waals surface area contributed by atoms with Gasteiger partial charge in [0.15, 0.2) is 12.1 Å². The molecule has 11 nitrogen and oxygen atoms in total. The number of oxime groups is 1. The summed E-state index contributed by atoms with van der Waals surface area (Å²) in [6.45, 7) is -0.460. The zero-order chi connectivity index (χ0) is 16.7. The van der Waals surface area contributed by atoms with E-state index >= 15 is 0 Å². The minimum Gasteiger partial charge on any atom is -0.409 e. The standard InChI is InChI=1S/C12H16N6O5/c13-9(17-22)4-1-18(11-6(4)10(14)15-3-16-11)12-8(21)7(20)5(2-19)23-12/h1,3,5,7-8,12,19-22H,2H2,(H2,13,17)(H2,14,15,16). The van der Waals surface area contributed by atoms with Crippen LogP contribution in [0.2, 0.25) is 0 Å². The Bertz CT molecular complexity index is 762. The molecule has 124 valence electrons. The Hall–Kier alpha value is -2.47. The Kier molecular flexibility index (Phi) is 3.77. The maximum Gasteiger partial charge on any atom is 0.172 e.